The first kappa shape index (κ1) is 21.3. The van der Waals surface area contributed by atoms with Crippen molar-refractivity contribution in [2.45, 2.75) is 4.90 Å². The Kier molecular flexibility index (Phi) is 6.04. The van der Waals surface area contributed by atoms with Gasteiger partial charge in [-0.15, -0.1) is 0 Å². The molecule has 2 aromatic carbocycles. The Bertz CT molecular complexity index is 1200. The van der Waals surface area contributed by atoms with Crippen LogP contribution in [0.2, 0.25) is 0 Å². The van der Waals surface area contributed by atoms with Crippen LogP contribution in [0.1, 0.15) is 10.5 Å². The molecule has 0 bridgehead atoms. The van der Waals surface area contributed by atoms with Gasteiger partial charge in [0.1, 0.15) is 5.75 Å². The number of aromatic amines is 1. The van der Waals surface area contributed by atoms with Gasteiger partial charge < -0.3 is 14.8 Å². The van der Waals surface area contributed by atoms with Crippen LogP contribution in [-0.4, -0.2) is 62.6 Å². The highest BCUT2D eigenvalue weighted by Gasteiger charge is 2.21. The second-order valence-electron chi connectivity index (χ2n) is 6.39. The quantitative estimate of drug-likeness (QED) is 0.543. The van der Waals surface area contributed by atoms with Crippen LogP contribution in [0.3, 0.4) is 0 Å². The third kappa shape index (κ3) is 4.26. The van der Waals surface area contributed by atoms with Gasteiger partial charge in [0, 0.05) is 19.5 Å². The Labute approximate surface area is 172 Å². The largest absolute Gasteiger partial charge is 0.495 e. The van der Waals surface area contributed by atoms with Crippen molar-refractivity contribution in [2.75, 3.05) is 33.1 Å². The van der Waals surface area contributed by atoms with Crippen LogP contribution in [0, 0.1) is 0 Å². The molecule has 0 unspecified atom stereocenters. The number of para-hydroxylation sites is 1. The predicted octanol–water partition coefficient (Wildman–Crippen LogP) is 1.62. The van der Waals surface area contributed by atoms with Crippen molar-refractivity contribution >= 4 is 38.5 Å². The van der Waals surface area contributed by atoms with Crippen molar-refractivity contribution in [3.05, 3.63) is 48.2 Å². The predicted molar refractivity (Wildman–Crippen MR) is 109 cm³/mol. The van der Waals surface area contributed by atoms with E-state index in [1.807, 2.05) is 0 Å². The van der Waals surface area contributed by atoms with Crippen LogP contribution in [-0.2, 0) is 19.6 Å². The lowest BCUT2D eigenvalue weighted by molar-refractivity contribution is -0.119. The number of amides is 1. The number of nitrogens with zero attached hydrogens (tertiary/aromatic N) is 2. The molecule has 158 valence electrons. The summed E-state index contributed by atoms with van der Waals surface area (Å²) < 4.78 is 35.9. The van der Waals surface area contributed by atoms with Crippen LogP contribution in [0.25, 0.3) is 10.9 Å². The summed E-state index contributed by atoms with van der Waals surface area (Å²) >= 11 is 0. The molecule has 0 aliphatic heterocycles. The number of carbonyl (C=O) groups excluding carboxylic acids is 2. The van der Waals surface area contributed by atoms with Gasteiger partial charge >= 0.3 is 5.97 Å². The van der Waals surface area contributed by atoms with Crippen molar-refractivity contribution in [2.24, 2.45) is 0 Å². The average Bonchev–Trinajstić information content (AvgIpc) is 3.16. The zero-order valence-corrected chi connectivity index (χ0v) is 17.3. The molecule has 0 aliphatic carbocycles. The first-order chi connectivity index (χ1) is 14.2. The Morgan fingerprint density at radius 2 is 1.90 bits per heavy atom. The van der Waals surface area contributed by atoms with Gasteiger partial charge in [0.15, 0.2) is 12.3 Å². The fourth-order valence-corrected chi connectivity index (χ4v) is 3.59. The van der Waals surface area contributed by atoms with Gasteiger partial charge in [0.2, 0.25) is 10.0 Å². The summed E-state index contributed by atoms with van der Waals surface area (Å²) in [6, 6.07) is 11.1. The van der Waals surface area contributed by atoms with E-state index >= 15 is 0 Å². The summed E-state index contributed by atoms with van der Waals surface area (Å²) in [5.74, 6) is -1.18. The van der Waals surface area contributed by atoms with Crippen molar-refractivity contribution in [3.8, 4) is 5.75 Å². The molecule has 0 fully saturated rings. The summed E-state index contributed by atoms with van der Waals surface area (Å²) in [4.78, 5) is 24.5. The molecule has 0 aliphatic rings. The van der Waals surface area contributed by atoms with Crippen LogP contribution < -0.4 is 10.1 Å². The summed E-state index contributed by atoms with van der Waals surface area (Å²) in [5.41, 5.74) is 0.860. The Hall–Kier alpha value is -3.44. The monoisotopic (exact) mass is 432 g/mol. The van der Waals surface area contributed by atoms with Gasteiger partial charge in [-0.25, -0.2) is 17.5 Å². The Morgan fingerprint density at radius 3 is 2.60 bits per heavy atom. The lowest BCUT2D eigenvalue weighted by atomic mass is 10.2. The normalized spacial score (nSPS) is 11.5. The van der Waals surface area contributed by atoms with E-state index in [0.717, 1.165) is 4.31 Å². The molecule has 11 heteroatoms. The highest BCUT2D eigenvalue weighted by Crippen LogP contribution is 2.28. The maximum atomic E-state index is 12.3. The molecule has 10 nitrogen and oxygen atoms in total. The topological polar surface area (TPSA) is 131 Å². The number of anilines is 1. The van der Waals surface area contributed by atoms with Crippen molar-refractivity contribution < 1.29 is 27.5 Å². The lowest BCUT2D eigenvalue weighted by Gasteiger charge is -2.15. The number of hydrogen-bond donors (Lipinski definition) is 2. The van der Waals surface area contributed by atoms with E-state index in [4.69, 9.17) is 9.47 Å². The smallest absolute Gasteiger partial charge is 0.359 e. The minimum Gasteiger partial charge on any atom is -0.495 e. The van der Waals surface area contributed by atoms with E-state index < -0.39 is 28.5 Å². The van der Waals surface area contributed by atoms with Gasteiger partial charge in [0.25, 0.3) is 5.91 Å². The number of H-pyrrole nitrogens is 1. The minimum absolute atomic E-state index is 0.0245. The molecule has 0 radical (unpaired) electrons. The number of hydrogen-bond acceptors (Lipinski definition) is 7. The molecule has 3 aromatic rings. The molecule has 0 atom stereocenters. The first-order valence-corrected chi connectivity index (χ1v) is 10.2. The summed E-state index contributed by atoms with van der Waals surface area (Å²) in [7, 11) is 0.473. The number of esters is 1. The zero-order chi connectivity index (χ0) is 21.9. The van der Waals surface area contributed by atoms with E-state index in [0.29, 0.717) is 10.9 Å². The number of aromatic nitrogens is 2. The Balaban J connectivity index is 1.72. The maximum Gasteiger partial charge on any atom is 0.359 e. The molecular weight excluding hydrogens is 412 g/mol. The molecule has 1 aromatic heterocycles. The molecule has 0 spiro atoms. The van der Waals surface area contributed by atoms with Crippen molar-refractivity contribution in [1.29, 1.82) is 0 Å². The number of methoxy groups -OCH3 is 1. The van der Waals surface area contributed by atoms with Crippen LogP contribution >= 0.6 is 0 Å². The summed E-state index contributed by atoms with van der Waals surface area (Å²) in [6.45, 7) is -0.589. The highest BCUT2D eigenvalue weighted by molar-refractivity contribution is 7.89. The molecule has 0 saturated carbocycles. The average molecular weight is 432 g/mol. The number of rotatable bonds is 7. The third-order valence-corrected chi connectivity index (χ3v) is 6.03. The molecule has 30 heavy (non-hydrogen) atoms. The second-order valence-corrected chi connectivity index (χ2v) is 8.54. The number of nitrogens with one attached hydrogen (secondary N) is 2. The molecular formula is C19H20N4O6S. The first-order valence-electron chi connectivity index (χ1n) is 8.74. The summed E-state index contributed by atoms with van der Waals surface area (Å²) in [5, 5.41) is 9.70. The number of carbonyl (C=O) groups is 2. The molecule has 2 N–H and O–H groups in total. The SMILES string of the molecule is COc1ccc(S(=O)(=O)N(C)C)cc1NC(=O)COC(=O)c1n[nH]c2ccccc12. The summed E-state index contributed by atoms with van der Waals surface area (Å²) in [6.07, 6.45) is 0. The van der Waals surface area contributed by atoms with Crippen LogP contribution in [0.4, 0.5) is 5.69 Å². The molecule has 3 rings (SSSR count). The second kappa shape index (κ2) is 8.51. The number of ether oxygens (including phenoxy) is 2. The van der Waals surface area contributed by atoms with Gasteiger partial charge in [-0.05, 0) is 24.3 Å². The molecule has 1 heterocycles. The molecule has 0 saturated heterocycles. The van der Waals surface area contributed by atoms with E-state index in [1.165, 1.54) is 39.4 Å². The fraction of sp³-hybridized carbons (Fsp3) is 0.211. The van der Waals surface area contributed by atoms with Crippen molar-refractivity contribution in [1.82, 2.24) is 14.5 Å². The Morgan fingerprint density at radius 1 is 1.17 bits per heavy atom. The van der Waals surface area contributed by atoms with Crippen LogP contribution in [0.15, 0.2) is 47.4 Å². The van der Waals surface area contributed by atoms with Gasteiger partial charge in [-0.3, -0.25) is 9.89 Å². The van der Waals surface area contributed by atoms with Crippen LogP contribution in [0.5, 0.6) is 5.75 Å². The maximum absolute atomic E-state index is 12.3. The number of sulfonamides is 1. The standard InChI is InChI=1S/C19H20N4O6S/c1-23(2)30(26,27)12-8-9-16(28-3)15(10-12)20-17(24)11-29-19(25)18-13-6-4-5-7-14(13)21-22-18/h4-10H,11H2,1-3H3,(H,20,24)(H,21,22). The number of benzene rings is 2. The van der Waals surface area contributed by atoms with E-state index in [1.54, 1.807) is 24.3 Å². The minimum atomic E-state index is -3.71. The van der Waals surface area contributed by atoms with E-state index in [9.17, 15) is 18.0 Å². The lowest BCUT2D eigenvalue weighted by Crippen LogP contribution is -2.23. The third-order valence-electron chi connectivity index (χ3n) is 4.22. The zero-order valence-electron chi connectivity index (χ0n) is 16.5. The molecule has 1 amide bonds. The van der Waals surface area contributed by atoms with Crippen molar-refractivity contribution in [3.63, 3.8) is 0 Å². The van der Waals surface area contributed by atoms with Gasteiger partial charge in [-0.2, -0.15) is 5.10 Å². The number of fused-ring (bicyclic) bond motifs is 1. The van der Waals surface area contributed by atoms with Gasteiger partial charge in [0.05, 0.1) is 23.2 Å². The van der Waals surface area contributed by atoms with E-state index in [-0.39, 0.29) is 22.0 Å². The fourth-order valence-electron chi connectivity index (χ4n) is 2.66. The highest BCUT2D eigenvalue weighted by atomic mass is 32.2. The van der Waals surface area contributed by atoms with Gasteiger partial charge in [-0.1, -0.05) is 18.2 Å². The van der Waals surface area contributed by atoms with E-state index in [2.05, 4.69) is 15.5 Å².